The predicted octanol–water partition coefficient (Wildman–Crippen LogP) is 2.25. The van der Waals surface area contributed by atoms with Crippen LogP contribution in [0.1, 0.15) is 33.4 Å². The Bertz CT molecular complexity index is 1110. The number of benzene rings is 1. The summed E-state index contributed by atoms with van der Waals surface area (Å²) in [6.07, 6.45) is 5.15. The van der Waals surface area contributed by atoms with E-state index >= 15 is 0 Å². The van der Waals surface area contributed by atoms with Crippen molar-refractivity contribution in [3.05, 3.63) is 77.8 Å². The maximum atomic E-state index is 13.1. The van der Waals surface area contributed by atoms with Crippen molar-refractivity contribution >= 4 is 11.6 Å². The minimum Gasteiger partial charge on any atom is -0.497 e. The molecule has 0 saturated heterocycles. The quantitative estimate of drug-likeness (QED) is 0.594. The van der Waals surface area contributed by atoms with Gasteiger partial charge in [0.25, 0.3) is 5.91 Å². The lowest BCUT2D eigenvalue weighted by atomic mass is 9.90. The summed E-state index contributed by atoms with van der Waals surface area (Å²) in [5, 5.41) is 4.37. The minimum absolute atomic E-state index is 0.0139. The second-order valence-corrected chi connectivity index (χ2v) is 6.73. The largest absolute Gasteiger partial charge is 0.497 e. The molecule has 5 rings (SSSR count). The van der Waals surface area contributed by atoms with Gasteiger partial charge in [0.2, 0.25) is 0 Å². The summed E-state index contributed by atoms with van der Waals surface area (Å²) in [7, 11) is 1.64. The van der Waals surface area contributed by atoms with E-state index in [0.29, 0.717) is 24.4 Å². The summed E-state index contributed by atoms with van der Waals surface area (Å²) in [5.41, 5.74) is 4.04. The first-order chi connectivity index (χ1) is 13.7. The molecule has 1 atom stereocenters. The molecule has 0 aliphatic carbocycles. The van der Waals surface area contributed by atoms with Gasteiger partial charge in [-0.25, -0.2) is 14.5 Å². The van der Waals surface area contributed by atoms with Crippen molar-refractivity contribution in [1.29, 1.82) is 0 Å². The number of ether oxygens (including phenoxy) is 1. The standard InChI is InChI=1S/C20H18N6O2/c1-28-14-5-3-13(4-6-14)15-10-25(11-17-19(15)23-12-22-17)20(27)16-9-18-21-7-2-8-26(18)24-16/h2-9,12,15H,10-11H2,1H3,(H,22,23). The van der Waals surface area contributed by atoms with E-state index in [4.69, 9.17) is 4.74 Å². The number of nitrogens with zero attached hydrogens (tertiary/aromatic N) is 5. The monoisotopic (exact) mass is 374 g/mol. The van der Waals surface area contributed by atoms with Gasteiger partial charge >= 0.3 is 0 Å². The Morgan fingerprint density at radius 2 is 2.11 bits per heavy atom. The summed E-state index contributed by atoms with van der Waals surface area (Å²) >= 11 is 0. The Morgan fingerprint density at radius 1 is 1.25 bits per heavy atom. The number of H-pyrrole nitrogens is 1. The molecule has 1 aromatic carbocycles. The highest BCUT2D eigenvalue weighted by Crippen LogP contribution is 2.33. The van der Waals surface area contributed by atoms with Crippen LogP contribution in [0.4, 0.5) is 0 Å². The molecule has 0 radical (unpaired) electrons. The van der Waals surface area contributed by atoms with Crippen molar-refractivity contribution in [1.82, 2.24) is 29.5 Å². The van der Waals surface area contributed by atoms with Gasteiger partial charge in [-0.3, -0.25) is 4.79 Å². The summed E-state index contributed by atoms with van der Waals surface area (Å²) in [5.74, 6) is 0.663. The van der Waals surface area contributed by atoms with Crippen LogP contribution >= 0.6 is 0 Å². The Kier molecular flexibility index (Phi) is 3.82. The Morgan fingerprint density at radius 3 is 2.89 bits per heavy atom. The van der Waals surface area contributed by atoms with Gasteiger partial charge < -0.3 is 14.6 Å². The zero-order valence-corrected chi connectivity index (χ0v) is 15.2. The zero-order chi connectivity index (χ0) is 19.1. The molecule has 0 bridgehead atoms. The van der Waals surface area contributed by atoms with Gasteiger partial charge in [-0.2, -0.15) is 5.10 Å². The molecule has 1 unspecified atom stereocenters. The highest BCUT2D eigenvalue weighted by molar-refractivity contribution is 5.93. The first-order valence-electron chi connectivity index (χ1n) is 8.98. The van der Waals surface area contributed by atoms with Gasteiger partial charge in [0.05, 0.1) is 31.4 Å². The van der Waals surface area contributed by atoms with E-state index in [1.165, 1.54) is 0 Å². The smallest absolute Gasteiger partial charge is 0.274 e. The molecule has 0 saturated carbocycles. The van der Waals surface area contributed by atoms with Gasteiger partial charge in [0.15, 0.2) is 11.3 Å². The van der Waals surface area contributed by atoms with E-state index < -0.39 is 0 Å². The van der Waals surface area contributed by atoms with E-state index in [1.54, 1.807) is 47.4 Å². The summed E-state index contributed by atoms with van der Waals surface area (Å²) < 4.78 is 6.87. The number of aromatic amines is 1. The lowest BCUT2D eigenvalue weighted by molar-refractivity contribution is 0.0715. The van der Waals surface area contributed by atoms with E-state index in [2.05, 4.69) is 20.1 Å². The molecule has 0 spiro atoms. The van der Waals surface area contributed by atoms with Crippen LogP contribution in [0.5, 0.6) is 5.75 Å². The molecule has 1 aliphatic rings. The fraction of sp³-hybridized carbons (Fsp3) is 0.200. The summed E-state index contributed by atoms with van der Waals surface area (Å²) in [6.45, 7) is 1.01. The first kappa shape index (κ1) is 16.5. The predicted molar refractivity (Wildman–Crippen MR) is 101 cm³/mol. The average molecular weight is 374 g/mol. The molecule has 8 nitrogen and oxygen atoms in total. The second kappa shape index (κ2) is 6.49. The molecule has 3 aromatic heterocycles. The third kappa shape index (κ3) is 2.70. The maximum absolute atomic E-state index is 13.1. The van der Waals surface area contributed by atoms with Crippen molar-refractivity contribution in [2.24, 2.45) is 0 Å². The van der Waals surface area contributed by atoms with Gasteiger partial charge in [0, 0.05) is 30.9 Å². The van der Waals surface area contributed by atoms with Crippen molar-refractivity contribution < 1.29 is 9.53 Å². The topological polar surface area (TPSA) is 88.4 Å². The van der Waals surface area contributed by atoms with Crippen LogP contribution in [-0.4, -0.2) is 49.0 Å². The van der Waals surface area contributed by atoms with Gasteiger partial charge in [-0.1, -0.05) is 12.1 Å². The number of aromatic nitrogens is 5. The first-order valence-corrected chi connectivity index (χ1v) is 8.98. The number of rotatable bonds is 3. The Balaban J connectivity index is 1.48. The number of fused-ring (bicyclic) bond motifs is 2. The molecular weight excluding hydrogens is 356 g/mol. The molecular formula is C20H18N6O2. The third-order valence-corrected chi connectivity index (χ3v) is 5.09. The van der Waals surface area contributed by atoms with Crippen LogP contribution in [0.25, 0.3) is 5.65 Å². The second-order valence-electron chi connectivity index (χ2n) is 6.73. The van der Waals surface area contributed by atoms with Crippen molar-refractivity contribution in [2.45, 2.75) is 12.5 Å². The van der Waals surface area contributed by atoms with E-state index in [9.17, 15) is 4.79 Å². The van der Waals surface area contributed by atoms with Crippen molar-refractivity contribution in [3.63, 3.8) is 0 Å². The van der Waals surface area contributed by atoms with Crippen molar-refractivity contribution in [2.75, 3.05) is 13.7 Å². The van der Waals surface area contributed by atoms with E-state index in [0.717, 1.165) is 22.7 Å². The zero-order valence-electron chi connectivity index (χ0n) is 15.2. The lowest BCUT2D eigenvalue weighted by Gasteiger charge is -2.32. The summed E-state index contributed by atoms with van der Waals surface area (Å²) in [4.78, 5) is 26.9. The normalized spacial score (nSPS) is 16.2. The van der Waals surface area contributed by atoms with Gasteiger partial charge in [-0.15, -0.1) is 0 Å². The van der Waals surface area contributed by atoms with Crippen LogP contribution < -0.4 is 4.74 Å². The van der Waals surface area contributed by atoms with Crippen molar-refractivity contribution in [3.8, 4) is 5.75 Å². The molecule has 1 N–H and O–H groups in total. The molecule has 4 heterocycles. The Hall–Kier alpha value is -3.68. The highest BCUT2D eigenvalue weighted by atomic mass is 16.5. The molecule has 8 heteroatoms. The van der Waals surface area contributed by atoms with Crippen LogP contribution in [0.3, 0.4) is 0 Å². The number of hydrogen-bond acceptors (Lipinski definition) is 5. The number of hydrogen-bond donors (Lipinski definition) is 1. The molecule has 4 aromatic rings. The summed E-state index contributed by atoms with van der Waals surface area (Å²) in [6, 6.07) is 11.4. The molecule has 1 aliphatic heterocycles. The van der Waals surface area contributed by atoms with E-state index in [-0.39, 0.29) is 11.8 Å². The average Bonchev–Trinajstić information content (AvgIpc) is 3.39. The van der Waals surface area contributed by atoms with Gasteiger partial charge in [-0.05, 0) is 23.8 Å². The molecule has 0 fully saturated rings. The van der Waals surface area contributed by atoms with Crippen LogP contribution in [0.2, 0.25) is 0 Å². The Labute approximate surface area is 160 Å². The molecule has 1 amide bonds. The number of carbonyl (C=O) groups excluding carboxylic acids is 1. The number of imidazole rings is 1. The number of nitrogens with one attached hydrogen (secondary N) is 1. The molecule has 140 valence electrons. The van der Waals surface area contributed by atoms with E-state index in [1.807, 2.05) is 24.3 Å². The molecule has 28 heavy (non-hydrogen) atoms. The van der Waals surface area contributed by atoms with Gasteiger partial charge in [0.1, 0.15) is 5.75 Å². The SMILES string of the molecule is COc1ccc(C2CN(C(=O)c3cc4ncccn4n3)Cc3[nH]cnc32)cc1. The lowest BCUT2D eigenvalue weighted by Crippen LogP contribution is -2.39. The van der Waals surface area contributed by atoms with Crippen LogP contribution in [0, 0.1) is 0 Å². The number of methoxy groups -OCH3 is 1. The fourth-order valence-electron chi connectivity index (χ4n) is 3.67. The minimum atomic E-state index is -0.121. The third-order valence-electron chi connectivity index (χ3n) is 5.09. The number of amides is 1. The highest BCUT2D eigenvalue weighted by Gasteiger charge is 2.32. The fourth-order valence-corrected chi connectivity index (χ4v) is 3.67. The van der Waals surface area contributed by atoms with Crippen LogP contribution in [-0.2, 0) is 6.54 Å². The maximum Gasteiger partial charge on any atom is 0.274 e. The number of carbonyl (C=O) groups is 1. The van der Waals surface area contributed by atoms with Crippen LogP contribution in [0.15, 0.2) is 55.1 Å².